The van der Waals surface area contributed by atoms with Gasteiger partial charge in [-0.15, -0.1) is 0 Å². The average molecular weight is 324 g/mol. The van der Waals surface area contributed by atoms with E-state index >= 15 is 0 Å². The van der Waals surface area contributed by atoms with Crippen LogP contribution < -0.4 is 0 Å². The lowest BCUT2D eigenvalue weighted by Crippen LogP contribution is -2.44. The average Bonchev–Trinajstić information content (AvgIpc) is 2.77. The summed E-state index contributed by atoms with van der Waals surface area (Å²) in [6, 6.07) is 5.68. The topological polar surface area (TPSA) is 60.9 Å². The quantitative estimate of drug-likeness (QED) is 0.870. The Bertz CT molecular complexity index is 626. The van der Waals surface area contributed by atoms with Gasteiger partial charge in [-0.1, -0.05) is 18.2 Å². The number of hydrogen-bond acceptors (Lipinski definition) is 3. The monoisotopic (exact) mass is 324 g/mol. The van der Waals surface area contributed by atoms with Crippen LogP contribution in [-0.2, 0) is 11.3 Å². The number of rotatable bonds is 3. The second kappa shape index (κ2) is 5.79. The van der Waals surface area contributed by atoms with Crippen LogP contribution in [0.2, 0.25) is 0 Å². The van der Waals surface area contributed by atoms with Crippen LogP contribution in [0.25, 0.3) is 0 Å². The summed E-state index contributed by atoms with van der Waals surface area (Å²) in [6.45, 7) is 0.0384. The first kappa shape index (κ1) is 15.7. The van der Waals surface area contributed by atoms with Gasteiger partial charge in [-0.05, 0) is 18.9 Å². The molecule has 1 saturated carbocycles. The van der Waals surface area contributed by atoms with Crippen LogP contribution in [-0.4, -0.2) is 45.4 Å². The van der Waals surface area contributed by atoms with Crippen molar-refractivity contribution in [1.82, 2.24) is 9.80 Å². The van der Waals surface area contributed by atoms with Gasteiger partial charge < -0.3 is 10.0 Å². The van der Waals surface area contributed by atoms with Crippen molar-refractivity contribution in [3.05, 3.63) is 29.8 Å². The number of imide groups is 1. The molecule has 5 nitrogen and oxygen atoms in total. The molecule has 0 bridgehead atoms. The van der Waals surface area contributed by atoms with Crippen molar-refractivity contribution in [2.24, 2.45) is 0 Å². The normalized spacial score (nSPS) is 22.0. The zero-order valence-corrected chi connectivity index (χ0v) is 12.5. The molecule has 2 fully saturated rings. The minimum Gasteiger partial charge on any atom is -0.508 e. The molecule has 0 spiro atoms. The minimum atomic E-state index is -2.70. The van der Waals surface area contributed by atoms with E-state index in [0.717, 1.165) is 4.90 Å². The number of phenols is 1. The van der Waals surface area contributed by atoms with E-state index in [1.807, 2.05) is 0 Å². The van der Waals surface area contributed by atoms with Gasteiger partial charge in [0.2, 0.25) is 5.92 Å². The lowest BCUT2D eigenvalue weighted by Gasteiger charge is -2.33. The summed E-state index contributed by atoms with van der Waals surface area (Å²) in [7, 11) is 0. The second-order valence-electron chi connectivity index (χ2n) is 6.12. The zero-order chi connectivity index (χ0) is 16.6. The summed E-state index contributed by atoms with van der Waals surface area (Å²) < 4.78 is 26.5. The molecule has 1 aromatic rings. The van der Waals surface area contributed by atoms with E-state index in [-0.39, 0.29) is 50.4 Å². The highest BCUT2D eigenvalue weighted by atomic mass is 19.3. The van der Waals surface area contributed by atoms with Crippen molar-refractivity contribution < 1.29 is 23.5 Å². The molecule has 1 aromatic carbocycles. The molecule has 124 valence electrons. The van der Waals surface area contributed by atoms with E-state index < -0.39 is 18.0 Å². The van der Waals surface area contributed by atoms with Gasteiger partial charge in [0.15, 0.2) is 0 Å². The van der Waals surface area contributed by atoms with Gasteiger partial charge in [0.1, 0.15) is 12.3 Å². The van der Waals surface area contributed by atoms with Crippen LogP contribution in [0.15, 0.2) is 24.3 Å². The highest BCUT2D eigenvalue weighted by Crippen LogP contribution is 2.36. The molecule has 2 aliphatic rings. The number of alkyl halides is 2. The van der Waals surface area contributed by atoms with Crippen LogP contribution >= 0.6 is 0 Å². The molecule has 0 unspecified atom stereocenters. The molecule has 1 aliphatic carbocycles. The smallest absolute Gasteiger partial charge is 0.327 e. The van der Waals surface area contributed by atoms with E-state index in [9.17, 15) is 23.5 Å². The maximum atomic E-state index is 13.2. The summed E-state index contributed by atoms with van der Waals surface area (Å²) in [5.74, 6) is -3.00. The van der Waals surface area contributed by atoms with Gasteiger partial charge in [-0.25, -0.2) is 13.6 Å². The van der Waals surface area contributed by atoms with Gasteiger partial charge in [0.05, 0.1) is 6.54 Å². The van der Waals surface area contributed by atoms with Gasteiger partial charge in [-0.2, -0.15) is 0 Å². The Balaban J connectivity index is 1.69. The van der Waals surface area contributed by atoms with Crippen molar-refractivity contribution in [3.8, 4) is 5.75 Å². The number of carbonyl (C=O) groups is 2. The molecule has 0 atom stereocenters. The number of benzene rings is 1. The first-order valence-electron chi connectivity index (χ1n) is 7.63. The molecule has 1 N–H and O–H groups in total. The molecular weight excluding hydrogens is 306 g/mol. The Morgan fingerprint density at radius 1 is 1.17 bits per heavy atom. The number of para-hydroxylation sites is 1. The third kappa shape index (κ3) is 3.13. The molecule has 0 aromatic heterocycles. The predicted molar refractivity (Wildman–Crippen MR) is 78.0 cm³/mol. The molecule has 1 aliphatic heterocycles. The lowest BCUT2D eigenvalue weighted by molar-refractivity contribution is -0.129. The Hall–Kier alpha value is -2.18. The fourth-order valence-corrected chi connectivity index (χ4v) is 3.18. The van der Waals surface area contributed by atoms with Gasteiger partial charge in [0.25, 0.3) is 5.91 Å². The zero-order valence-electron chi connectivity index (χ0n) is 12.5. The van der Waals surface area contributed by atoms with Gasteiger partial charge in [0, 0.05) is 24.4 Å². The van der Waals surface area contributed by atoms with E-state index in [1.165, 1.54) is 11.0 Å². The van der Waals surface area contributed by atoms with Crippen LogP contribution in [0.1, 0.15) is 31.2 Å². The van der Waals surface area contributed by atoms with Crippen molar-refractivity contribution in [3.63, 3.8) is 0 Å². The first-order chi connectivity index (χ1) is 10.9. The summed E-state index contributed by atoms with van der Waals surface area (Å²) in [4.78, 5) is 27.1. The van der Waals surface area contributed by atoms with E-state index in [2.05, 4.69) is 0 Å². The lowest BCUT2D eigenvalue weighted by atomic mass is 9.91. The van der Waals surface area contributed by atoms with Crippen LogP contribution in [0.3, 0.4) is 0 Å². The standard InChI is InChI=1S/C16H18F2N2O3/c17-16(18)7-5-12(6-8-16)20-14(22)10-19(15(20)23)9-11-3-1-2-4-13(11)21/h1-4,12,21H,5-10H2. The molecular formula is C16H18F2N2O3. The van der Waals surface area contributed by atoms with Crippen LogP contribution in [0, 0.1) is 0 Å². The van der Waals surface area contributed by atoms with Crippen molar-refractivity contribution in [2.75, 3.05) is 6.54 Å². The summed E-state index contributed by atoms with van der Waals surface area (Å²) in [5.41, 5.74) is 0.547. The van der Waals surface area contributed by atoms with Crippen molar-refractivity contribution in [1.29, 1.82) is 0 Å². The maximum absolute atomic E-state index is 13.2. The van der Waals surface area contributed by atoms with Gasteiger partial charge >= 0.3 is 6.03 Å². The maximum Gasteiger partial charge on any atom is 0.327 e. The Morgan fingerprint density at radius 2 is 1.83 bits per heavy atom. The Labute approximate surface area is 132 Å². The number of nitrogens with zero attached hydrogens (tertiary/aromatic N) is 2. The molecule has 1 heterocycles. The molecule has 3 amide bonds. The number of phenolic OH excluding ortho intramolecular Hbond substituents is 1. The summed E-state index contributed by atoms with van der Waals surface area (Å²) in [6.07, 6.45) is -0.327. The van der Waals surface area contributed by atoms with E-state index in [1.54, 1.807) is 18.2 Å². The van der Waals surface area contributed by atoms with Gasteiger partial charge in [-0.3, -0.25) is 9.69 Å². The van der Waals surface area contributed by atoms with E-state index in [4.69, 9.17) is 0 Å². The number of amides is 3. The summed E-state index contributed by atoms with van der Waals surface area (Å²) >= 11 is 0. The van der Waals surface area contributed by atoms with Crippen LogP contribution in [0.4, 0.5) is 13.6 Å². The van der Waals surface area contributed by atoms with Crippen molar-refractivity contribution in [2.45, 2.75) is 44.2 Å². The highest BCUT2D eigenvalue weighted by Gasteiger charge is 2.44. The SMILES string of the molecule is O=C1CN(Cc2ccccc2O)C(=O)N1C1CCC(F)(F)CC1. The third-order valence-electron chi connectivity index (χ3n) is 4.48. The summed E-state index contributed by atoms with van der Waals surface area (Å²) in [5, 5.41) is 9.78. The van der Waals surface area contributed by atoms with E-state index in [0.29, 0.717) is 5.56 Å². The second-order valence-corrected chi connectivity index (χ2v) is 6.12. The number of urea groups is 1. The highest BCUT2D eigenvalue weighted by molar-refractivity contribution is 6.02. The fraction of sp³-hybridized carbons (Fsp3) is 0.500. The predicted octanol–water partition coefficient (Wildman–Crippen LogP) is 2.73. The third-order valence-corrected chi connectivity index (χ3v) is 4.48. The molecule has 0 radical (unpaired) electrons. The number of carbonyl (C=O) groups excluding carboxylic acids is 2. The first-order valence-corrected chi connectivity index (χ1v) is 7.63. The fourth-order valence-electron chi connectivity index (χ4n) is 3.18. The van der Waals surface area contributed by atoms with Crippen LogP contribution in [0.5, 0.6) is 5.75 Å². The number of hydrogen-bond donors (Lipinski definition) is 1. The Kier molecular flexibility index (Phi) is 3.95. The molecule has 7 heteroatoms. The largest absolute Gasteiger partial charge is 0.508 e. The molecule has 1 saturated heterocycles. The number of aromatic hydroxyl groups is 1. The minimum absolute atomic E-state index is 0.0588. The molecule has 23 heavy (non-hydrogen) atoms. The molecule has 3 rings (SSSR count). The van der Waals surface area contributed by atoms with Crippen molar-refractivity contribution >= 4 is 11.9 Å². The number of halogens is 2. The Morgan fingerprint density at radius 3 is 2.48 bits per heavy atom.